The maximum absolute atomic E-state index is 13.5. The number of nitrogens with zero attached hydrogens (tertiary/aromatic N) is 1. The lowest BCUT2D eigenvalue weighted by Crippen LogP contribution is -2.48. The zero-order valence-electron chi connectivity index (χ0n) is 21.5. The number of hydrogen-bond donors (Lipinski definition) is 2. The molecule has 2 N–H and O–H groups in total. The van der Waals surface area contributed by atoms with E-state index in [1.54, 1.807) is 62.8 Å². The number of ether oxygens (including phenoxy) is 2. The van der Waals surface area contributed by atoms with Crippen LogP contribution in [0.4, 0.5) is 5.69 Å². The SMILES string of the molecule is COc1ccc([C@H]2CN(C)CC[C@H]2NC(=O)c2ccccc2NS(=O)(=O)c2ccc(C)cc2)cc1OC. The Morgan fingerprint density at radius 2 is 1.68 bits per heavy atom. The molecule has 4 rings (SSSR count). The van der Waals surface area contributed by atoms with Crippen LogP contribution in [0, 0.1) is 6.92 Å². The lowest BCUT2D eigenvalue weighted by molar-refractivity contribution is 0.0905. The highest BCUT2D eigenvalue weighted by Crippen LogP contribution is 2.34. The zero-order valence-corrected chi connectivity index (χ0v) is 22.3. The molecule has 1 saturated heterocycles. The number of piperidine rings is 1. The molecule has 1 aliphatic heterocycles. The smallest absolute Gasteiger partial charge is 0.261 e. The van der Waals surface area contributed by atoms with E-state index in [2.05, 4.69) is 22.0 Å². The van der Waals surface area contributed by atoms with Crippen LogP contribution >= 0.6 is 0 Å². The van der Waals surface area contributed by atoms with Gasteiger partial charge in [0.25, 0.3) is 15.9 Å². The molecule has 0 aliphatic carbocycles. The van der Waals surface area contributed by atoms with E-state index in [1.165, 1.54) is 0 Å². The van der Waals surface area contributed by atoms with Gasteiger partial charge in [-0.2, -0.15) is 0 Å². The molecule has 3 aromatic carbocycles. The van der Waals surface area contributed by atoms with Gasteiger partial charge in [-0.3, -0.25) is 9.52 Å². The summed E-state index contributed by atoms with van der Waals surface area (Å²) < 4.78 is 39.5. The number of likely N-dealkylation sites (N-methyl/N-ethyl adjacent to an activating group) is 1. The fourth-order valence-electron chi connectivity index (χ4n) is 4.65. The Morgan fingerprint density at radius 3 is 2.38 bits per heavy atom. The van der Waals surface area contributed by atoms with Crippen LogP contribution in [-0.2, 0) is 10.0 Å². The minimum Gasteiger partial charge on any atom is -0.493 e. The normalized spacial score (nSPS) is 18.2. The van der Waals surface area contributed by atoms with Crippen molar-refractivity contribution in [2.75, 3.05) is 39.1 Å². The number of carbonyl (C=O) groups is 1. The molecule has 0 aromatic heterocycles. The average Bonchev–Trinajstić information content (AvgIpc) is 2.89. The highest BCUT2D eigenvalue weighted by molar-refractivity contribution is 7.92. The van der Waals surface area contributed by atoms with E-state index in [-0.39, 0.29) is 34.0 Å². The summed E-state index contributed by atoms with van der Waals surface area (Å²) in [7, 11) is 1.40. The molecule has 37 heavy (non-hydrogen) atoms. The molecule has 196 valence electrons. The molecule has 0 saturated carbocycles. The number of amides is 1. The number of aryl methyl sites for hydroxylation is 1. The third-order valence-corrected chi connectivity index (χ3v) is 8.10. The number of para-hydroxylation sites is 1. The van der Waals surface area contributed by atoms with Crippen LogP contribution in [0.5, 0.6) is 11.5 Å². The summed E-state index contributed by atoms with van der Waals surface area (Å²) in [4.78, 5) is 15.8. The Balaban J connectivity index is 1.58. The van der Waals surface area contributed by atoms with Crippen LogP contribution in [0.25, 0.3) is 0 Å². The number of sulfonamides is 1. The summed E-state index contributed by atoms with van der Waals surface area (Å²) in [6.45, 7) is 3.47. The van der Waals surface area contributed by atoms with E-state index < -0.39 is 10.0 Å². The number of likely N-dealkylation sites (tertiary alicyclic amines) is 1. The molecule has 1 aliphatic rings. The van der Waals surface area contributed by atoms with Gasteiger partial charge in [0, 0.05) is 18.5 Å². The van der Waals surface area contributed by atoms with Gasteiger partial charge in [0.1, 0.15) is 0 Å². The predicted molar refractivity (Wildman–Crippen MR) is 144 cm³/mol. The number of nitrogens with one attached hydrogen (secondary N) is 2. The van der Waals surface area contributed by atoms with Gasteiger partial charge in [-0.25, -0.2) is 8.42 Å². The monoisotopic (exact) mass is 523 g/mol. The molecular formula is C28H33N3O5S. The minimum atomic E-state index is -3.86. The second-order valence-electron chi connectivity index (χ2n) is 9.32. The van der Waals surface area contributed by atoms with Crippen LogP contribution in [-0.4, -0.2) is 59.6 Å². The molecule has 1 heterocycles. The van der Waals surface area contributed by atoms with E-state index in [1.807, 2.05) is 25.1 Å². The maximum Gasteiger partial charge on any atom is 0.261 e. The molecule has 1 fully saturated rings. The first-order valence-electron chi connectivity index (χ1n) is 12.1. The molecule has 3 aromatic rings. The standard InChI is InChI=1S/C28H33N3O5S/c1-19-9-12-21(13-10-19)37(33,34)30-25-8-6-5-7-22(25)28(32)29-24-15-16-31(2)18-23(24)20-11-14-26(35-3)27(17-20)36-4/h5-14,17,23-24,30H,15-16,18H2,1-4H3,(H,29,32)/t23-,24-/m1/s1. The van der Waals surface area contributed by atoms with E-state index in [4.69, 9.17) is 9.47 Å². The number of anilines is 1. The fourth-order valence-corrected chi connectivity index (χ4v) is 5.73. The number of hydrogen-bond acceptors (Lipinski definition) is 6. The fraction of sp³-hybridized carbons (Fsp3) is 0.321. The Labute approximate surface area is 218 Å². The van der Waals surface area contributed by atoms with Crippen molar-refractivity contribution in [3.63, 3.8) is 0 Å². The molecule has 1 amide bonds. The van der Waals surface area contributed by atoms with Crippen molar-refractivity contribution in [3.8, 4) is 11.5 Å². The largest absolute Gasteiger partial charge is 0.493 e. The average molecular weight is 524 g/mol. The summed E-state index contributed by atoms with van der Waals surface area (Å²) in [5, 5.41) is 3.17. The lowest BCUT2D eigenvalue weighted by Gasteiger charge is -2.37. The highest BCUT2D eigenvalue weighted by atomic mass is 32.2. The summed E-state index contributed by atoms with van der Waals surface area (Å²) in [5.74, 6) is 0.959. The van der Waals surface area contributed by atoms with Crippen LogP contribution in [0.15, 0.2) is 71.6 Å². The van der Waals surface area contributed by atoms with Gasteiger partial charge in [0.15, 0.2) is 11.5 Å². The zero-order chi connectivity index (χ0) is 26.6. The molecule has 0 spiro atoms. The minimum absolute atomic E-state index is 0.0129. The number of benzene rings is 3. The highest BCUT2D eigenvalue weighted by Gasteiger charge is 2.31. The Hall–Kier alpha value is -3.56. The molecule has 0 unspecified atom stereocenters. The van der Waals surface area contributed by atoms with Gasteiger partial charge in [0.2, 0.25) is 0 Å². The molecule has 2 atom stereocenters. The van der Waals surface area contributed by atoms with Crippen LogP contribution in [0.3, 0.4) is 0 Å². The topological polar surface area (TPSA) is 97.0 Å². The third-order valence-electron chi connectivity index (χ3n) is 6.72. The quantitative estimate of drug-likeness (QED) is 0.463. The maximum atomic E-state index is 13.5. The van der Waals surface area contributed by atoms with Gasteiger partial charge < -0.3 is 19.7 Å². The number of carbonyl (C=O) groups excluding carboxylic acids is 1. The summed E-state index contributed by atoms with van der Waals surface area (Å²) in [6.07, 6.45) is 0.749. The Morgan fingerprint density at radius 1 is 0.973 bits per heavy atom. The van der Waals surface area contributed by atoms with E-state index in [9.17, 15) is 13.2 Å². The molecule has 9 heteroatoms. The number of methoxy groups -OCH3 is 2. The van der Waals surface area contributed by atoms with Gasteiger partial charge in [-0.05, 0) is 68.9 Å². The summed E-state index contributed by atoms with van der Waals surface area (Å²) in [5.41, 5.74) is 2.49. The summed E-state index contributed by atoms with van der Waals surface area (Å²) in [6, 6.07) is 18.9. The van der Waals surface area contributed by atoms with Crippen molar-refractivity contribution in [1.82, 2.24) is 10.2 Å². The first-order chi connectivity index (χ1) is 17.7. The third kappa shape index (κ3) is 6.06. The van der Waals surface area contributed by atoms with Crippen molar-refractivity contribution < 1.29 is 22.7 Å². The molecule has 0 bridgehead atoms. The molecule has 8 nitrogen and oxygen atoms in total. The first-order valence-corrected chi connectivity index (χ1v) is 13.6. The van der Waals surface area contributed by atoms with Gasteiger partial charge in [0.05, 0.1) is 30.4 Å². The van der Waals surface area contributed by atoms with Gasteiger partial charge in [-0.15, -0.1) is 0 Å². The molecular weight excluding hydrogens is 490 g/mol. The predicted octanol–water partition coefficient (Wildman–Crippen LogP) is 4.03. The Bertz CT molecular complexity index is 1360. The van der Waals surface area contributed by atoms with Crippen molar-refractivity contribution >= 4 is 21.6 Å². The van der Waals surface area contributed by atoms with Crippen LogP contribution in [0.2, 0.25) is 0 Å². The molecule has 0 radical (unpaired) electrons. The van der Waals surface area contributed by atoms with E-state index in [0.29, 0.717) is 11.5 Å². The van der Waals surface area contributed by atoms with Crippen molar-refractivity contribution in [2.24, 2.45) is 0 Å². The second kappa shape index (κ2) is 11.2. The lowest BCUT2D eigenvalue weighted by atomic mass is 9.85. The van der Waals surface area contributed by atoms with Gasteiger partial charge >= 0.3 is 0 Å². The van der Waals surface area contributed by atoms with Crippen molar-refractivity contribution in [3.05, 3.63) is 83.4 Å². The van der Waals surface area contributed by atoms with Crippen LogP contribution in [0.1, 0.15) is 33.8 Å². The Kier molecular flexibility index (Phi) is 8.04. The first kappa shape index (κ1) is 26.5. The van der Waals surface area contributed by atoms with Crippen molar-refractivity contribution in [2.45, 2.75) is 30.2 Å². The van der Waals surface area contributed by atoms with E-state index >= 15 is 0 Å². The van der Waals surface area contributed by atoms with Gasteiger partial charge in [-0.1, -0.05) is 35.9 Å². The van der Waals surface area contributed by atoms with E-state index in [0.717, 1.165) is 30.6 Å². The van der Waals surface area contributed by atoms with Crippen molar-refractivity contribution in [1.29, 1.82) is 0 Å². The number of rotatable bonds is 8. The second-order valence-corrected chi connectivity index (χ2v) is 11.0. The van der Waals surface area contributed by atoms with Crippen LogP contribution < -0.4 is 19.5 Å². The summed E-state index contributed by atoms with van der Waals surface area (Å²) >= 11 is 0.